The molecule has 4 rings (SSSR count). The van der Waals surface area contributed by atoms with Crippen LogP contribution in [0.4, 0.5) is 11.4 Å². The fourth-order valence-corrected chi connectivity index (χ4v) is 4.41. The summed E-state index contributed by atoms with van der Waals surface area (Å²) in [6.45, 7) is 2.11. The van der Waals surface area contributed by atoms with E-state index in [-0.39, 0.29) is 5.60 Å². The van der Waals surface area contributed by atoms with Gasteiger partial charge < -0.3 is 15.4 Å². The zero-order chi connectivity index (χ0) is 13.6. The van der Waals surface area contributed by atoms with Crippen LogP contribution in [-0.4, -0.2) is 24.8 Å². The van der Waals surface area contributed by atoms with E-state index in [1.807, 2.05) is 6.07 Å². The third-order valence-corrected chi connectivity index (χ3v) is 5.40. The maximum Gasteiger partial charge on any atom is 0.0758 e. The SMILES string of the molecule is Nc1cccc2c1N(CC1CCC3(CCCC3)O1)CC2. The Kier molecular flexibility index (Phi) is 2.92. The normalized spacial score (nSPS) is 27.4. The lowest BCUT2D eigenvalue weighted by Gasteiger charge is -2.27. The van der Waals surface area contributed by atoms with E-state index >= 15 is 0 Å². The van der Waals surface area contributed by atoms with E-state index in [1.165, 1.54) is 49.8 Å². The first-order valence-corrected chi connectivity index (χ1v) is 8.06. The van der Waals surface area contributed by atoms with Crippen molar-refractivity contribution in [2.24, 2.45) is 0 Å². The van der Waals surface area contributed by atoms with Gasteiger partial charge in [0.25, 0.3) is 0 Å². The number of nitrogens with two attached hydrogens (primary N) is 1. The second kappa shape index (κ2) is 4.66. The molecule has 2 N–H and O–H groups in total. The van der Waals surface area contributed by atoms with Crippen LogP contribution in [0.2, 0.25) is 0 Å². The number of nitrogen functional groups attached to an aromatic ring is 1. The topological polar surface area (TPSA) is 38.5 Å². The highest BCUT2D eigenvalue weighted by molar-refractivity contribution is 5.74. The van der Waals surface area contributed by atoms with Crippen LogP contribution in [-0.2, 0) is 11.2 Å². The standard InChI is InChI=1S/C17H24N2O/c18-15-5-3-4-13-7-11-19(16(13)15)12-14-6-10-17(20-14)8-1-2-9-17/h3-5,14H,1-2,6-12,18H2. The molecule has 2 heterocycles. The summed E-state index contributed by atoms with van der Waals surface area (Å²) >= 11 is 0. The Morgan fingerprint density at radius 1 is 1.25 bits per heavy atom. The highest BCUT2D eigenvalue weighted by atomic mass is 16.5. The number of fused-ring (bicyclic) bond motifs is 1. The molecule has 1 atom stereocenters. The number of ether oxygens (including phenoxy) is 1. The monoisotopic (exact) mass is 272 g/mol. The van der Waals surface area contributed by atoms with Gasteiger partial charge in [0.05, 0.1) is 23.1 Å². The van der Waals surface area contributed by atoms with Gasteiger partial charge in [-0.25, -0.2) is 0 Å². The van der Waals surface area contributed by atoms with Crippen molar-refractivity contribution in [2.45, 2.75) is 56.7 Å². The third-order valence-electron chi connectivity index (χ3n) is 5.40. The van der Waals surface area contributed by atoms with Gasteiger partial charge in [-0.05, 0) is 43.7 Å². The molecule has 1 spiro atoms. The zero-order valence-corrected chi connectivity index (χ0v) is 12.1. The molecule has 0 amide bonds. The Balaban J connectivity index is 1.47. The molecule has 108 valence electrons. The number of hydrogen-bond acceptors (Lipinski definition) is 3. The maximum atomic E-state index is 6.44. The number of benzene rings is 1. The molecule has 20 heavy (non-hydrogen) atoms. The highest BCUT2D eigenvalue weighted by Gasteiger charge is 2.42. The number of rotatable bonds is 2. The quantitative estimate of drug-likeness (QED) is 0.841. The lowest BCUT2D eigenvalue weighted by atomic mass is 9.98. The first-order chi connectivity index (χ1) is 9.76. The largest absolute Gasteiger partial charge is 0.397 e. The molecule has 1 aliphatic carbocycles. The van der Waals surface area contributed by atoms with Crippen molar-refractivity contribution in [1.29, 1.82) is 0 Å². The average molecular weight is 272 g/mol. The summed E-state index contributed by atoms with van der Waals surface area (Å²) in [4.78, 5) is 2.45. The van der Waals surface area contributed by atoms with Crippen LogP contribution >= 0.6 is 0 Å². The lowest BCUT2D eigenvalue weighted by molar-refractivity contribution is -0.0326. The van der Waals surface area contributed by atoms with Crippen LogP contribution in [0.15, 0.2) is 18.2 Å². The molecule has 3 nitrogen and oxygen atoms in total. The minimum absolute atomic E-state index is 0.245. The molecule has 0 radical (unpaired) electrons. The summed E-state index contributed by atoms with van der Waals surface area (Å²) in [5, 5.41) is 0. The predicted octanol–water partition coefficient (Wildman–Crippen LogP) is 3.12. The Hall–Kier alpha value is -1.22. The van der Waals surface area contributed by atoms with E-state index in [9.17, 15) is 0 Å². The molecule has 3 heteroatoms. The number of anilines is 2. The second-order valence-electron chi connectivity index (χ2n) is 6.72. The molecule has 1 saturated carbocycles. The summed E-state index contributed by atoms with van der Waals surface area (Å²) < 4.78 is 6.44. The van der Waals surface area contributed by atoms with Gasteiger partial charge in [-0.3, -0.25) is 0 Å². The van der Waals surface area contributed by atoms with Crippen LogP contribution < -0.4 is 10.6 Å². The van der Waals surface area contributed by atoms with E-state index in [0.717, 1.165) is 25.2 Å². The van der Waals surface area contributed by atoms with Gasteiger partial charge in [-0.1, -0.05) is 25.0 Å². The molecule has 0 aromatic heterocycles. The number of hydrogen-bond donors (Lipinski definition) is 1. The van der Waals surface area contributed by atoms with Crippen molar-refractivity contribution < 1.29 is 4.74 Å². The van der Waals surface area contributed by atoms with Crippen molar-refractivity contribution in [3.8, 4) is 0 Å². The van der Waals surface area contributed by atoms with Crippen molar-refractivity contribution in [1.82, 2.24) is 0 Å². The van der Waals surface area contributed by atoms with Gasteiger partial charge >= 0.3 is 0 Å². The maximum absolute atomic E-state index is 6.44. The second-order valence-corrected chi connectivity index (χ2v) is 6.72. The van der Waals surface area contributed by atoms with E-state index in [1.54, 1.807) is 0 Å². The van der Waals surface area contributed by atoms with Crippen molar-refractivity contribution >= 4 is 11.4 Å². The Labute approximate surface area is 121 Å². The van der Waals surface area contributed by atoms with Crippen LogP contribution in [0.5, 0.6) is 0 Å². The van der Waals surface area contributed by atoms with Gasteiger partial charge in [0.2, 0.25) is 0 Å². The first-order valence-electron chi connectivity index (χ1n) is 8.06. The van der Waals surface area contributed by atoms with E-state index < -0.39 is 0 Å². The van der Waals surface area contributed by atoms with Crippen LogP contribution in [0.1, 0.15) is 44.1 Å². The van der Waals surface area contributed by atoms with Gasteiger partial charge in [-0.15, -0.1) is 0 Å². The molecule has 1 aromatic rings. The molecular weight excluding hydrogens is 248 g/mol. The molecular formula is C17H24N2O. The minimum atomic E-state index is 0.245. The van der Waals surface area contributed by atoms with Crippen molar-refractivity contribution in [3.05, 3.63) is 23.8 Å². The van der Waals surface area contributed by atoms with Gasteiger partial charge in [0.15, 0.2) is 0 Å². The Bertz CT molecular complexity index is 508. The van der Waals surface area contributed by atoms with Crippen molar-refractivity contribution in [3.63, 3.8) is 0 Å². The molecule has 2 aliphatic heterocycles. The Morgan fingerprint density at radius 2 is 2.10 bits per heavy atom. The summed E-state index contributed by atoms with van der Waals surface area (Å²) in [5.74, 6) is 0. The molecule has 2 fully saturated rings. The molecule has 1 unspecified atom stereocenters. The van der Waals surface area contributed by atoms with Crippen molar-refractivity contribution in [2.75, 3.05) is 23.7 Å². The lowest BCUT2D eigenvalue weighted by Crippen LogP contribution is -2.33. The third kappa shape index (κ3) is 1.99. The summed E-state index contributed by atoms with van der Waals surface area (Å²) in [7, 11) is 0. The fraction of sp³-hybridized carbons (Fsp3) is 0.647. The number of nitrogens with zero attached hydrogens (tertiary/aromatic N) is 1. The summed E-state index contributed by atoms with van der Waals surface area (Å²) in [6.07, 6.45) is 9.28. The highest BCUT2D eigenvalue weighted by Crippen LogP contribution is 2.44. The predicted molar refractivity (Wildman–Crippen MR) is 82.1 cm³/mol. The molecule has 1 saturated heterocycles. The van der Waals surface area contributed by atoms with Gasteiger partial charge in [0, 0.05) is 13.1 Å². The number of para-hydroxylation sites is 1. The van der Waals surface area contributed by atoms with Crippen LogP contribution in [0, 0.1) is 0 Å². The van der Waals surface area contributed by atoms with E-state index in [0.29, 0.717) is 6.10 Å². The smallest absolute Gasteiger partial charge is 0.0758 e. The minimum Gasteiger partial charge on any atom is -0.397 e. The first kappa shape index (κ1) is 12.5. The molecule has 1 aromatic carbocycles. The van der Waals surface area contributed by atoms with Gasteiger partial charge in [0.1, 0.15) is 0 Å². The average Bonchev–Trinajstić information content (AvgIpc) is 3.14. The van der Waals surface area contributed by atoms with E-state index in [4.69, 9.17) is 10.5 Å². The van der Waals surface area contributed by atoms with Crippen LogP contribution in [0.3, 0.4) is 0 Å². The fourth-order valence-electron chi connectivity index (χ4n) is 4.41. The molecule has 3 aliphatic rings. The zero-order valence-electron chi connectivity index (χ0n) is 12.1. The molecule has 0 bridgehead atoms. The van der Waals surface area contributed by atoms with Crippen LogP contribution in [0.25, 0.3) is 0 Å². The summed E-state index contributed by atoms with van der Waals surface area (Å²) in [5.41, 5.74) is 10.0. The Morgan fingerprint density at radius 3 is 2.95 bits per heavy atom. The van der Waals surface area contributed by atoms with Gasteiger partial charge in [-0.2, -0.15) is 0 Å². The summed E-state index contributed by atoms with van der Waals surface area (Å²) in [6, 6.07) is 6.29. The van der Waals surface area contributed by atoms with E-state index in [2.05, 4.69) is 17.0 Å².